The van der Waals surface area contributed by atoms with Crippen molar-refractivity contribution < 1.29 is 32.7 Å². The zero-order valence-corrected chi connectivity index (χ0v) is 15.7. The lowest BCUT2D eigenvalue weighted by Gasteiger charge is -2.29. The Morgan fingerprint density at radius 2 is 1.84 bits per heavy atom. The van der Waals surface area contributed by atoms with Crippen LogP contribution in [0.1, 0.15) is 51.5 Å². The van der Waals surface area contributed by atoms with Crippen molar-refractivity contribution in [3.63, 3.8) is 0 Å². The molecule has 1 aromatic carbocycles. The van der Waals surface area contributed by atoms with E-state index in [1.54, 1.807) is 26.8 Å². The summed E-state index contributed by atoms with van der Waals surface area (Å²) in [5.74, 6) is -1.53. The number of ether oxygens (including phenoxy) is 1. The molecule has 1 aromatic rings. The van der Waals surface area contributed by atoms with Crippen LogP contribution in [0, 0.1) is 5.41 Å². The van der Waals surface area contributed by atoms with Crippen LogP contribution in [0.5, 0.6) is 11.5 Å². The molecule has 7 nitrogen and oxygen atoms in total. The third-order valence-corrected chi connectivity index (χ3v) is 5.76. The van der Waals surface area contributed by atoms with E-state index in [9.17, 15) is 28.0 Å². The summed E-state index contributed by atoms with van der Waals surface area (Å²) in [7, 11) is -2.97. The Labute approximate surface area is 148 Å². The van der Waals surface area contributed by atoms with E-state index in [4.69, 9.17) is 4.74 Å². The number of methoxy groups -OCH3 is 1. The van der Waals surface area contributed by atoms with Gasteiger partial charge in [0.2, 0.25) is 0 Å². The minimum absolute atomic E-state index is 0.0694. The summed E-state index contributed by atoms with van der Waals surface area (Å²) < 4.78 is 37.4. The third-order valence-electron chi connectivity index (χ3n) is 4.39. The van der Waals surface area contributed by atoms with Gasteiger partial charge in [0.05, 0.1) is 17.8 Å². The number of hydrogen-bond donors (Lipinski definition) is 3. The molecule has 2 unspecified atom stereocenters. The number of hydrogen-bond acceptors (Lipinski definition) is 6. The first-order chi connectivity index (χ1) is 11.4. The fourth-order valence-corrected chi connectivity index (χ4v) is 3.82. The molecule has 0 spiro atoms. The largest absolute Gasteiger partial charge is 0.504 e. The molecule has 0 heterocycles. The highest BCUT2D eigenvalue weighted by molar-refractivity contribution is 7.86. The van der Waals surface area contributed by atoms with E-state index < -0.39 is 32.7 Å². The molecule has 3 N–H and O–H groups in total. The Bertz CT molecular complexity index is 710. The molecular weight excluding hydrogens is 348 g/mol. The second-order valence-corrected chi connectivity index (χ2v) is 8.50. The first-order valence-electron chi connectivity index (χ1n) is 7.99. The zero-order chi connectivity index (χ0) is 19.4. The van der Waals surface area contributed by atoms with Crippen molar-refractivity contribution in [2.45, 2.75) is 51.2 Å². The maximum absolute atomic E-state index is 12.0. The molecule has 0 aliphatic carbocycles. The van der Waals surface area contributed by atoms with E-state index in [-0.39, 0.29) is 30.8 Å². The average molecular weight is 374 g/mol. The molecule has 0 aromatic heterocycles. The van der Waals surface area contributed by atoms with Crippen LogP contribution < -0.4 is 0 Å². The number of phenols is 2. The van der Waals surface area contributed by atoms with Crippen molar-refractivity contribution in [3.05, 3.63) is 23.8 Å². The highest BCUT2D eigenvalue weighted by Crippen LogP contribution is 2.39. The molecule has 0 aliphatic rings. The minimum atomic E-state index is -4.25. The quantitative estimate of drug-likeness (QED) is 0.363. The summed E-state index contributed by atoms with van der Waals surface area (Å²) in [5.41, 5.74) is -0.334. The molecule has 0 bridgehead atoms. The van der Waals surface area contributed by atoms with Crippen LogP contribution in [0.15, 0.2) is 18.2 Å². The predicted molar refractivity (Wildman–Crippen MR) is 93.2 cm³/mol. The summed E-state index contributed by atoms with van der Waals surface area (Å²) in [5, 5.41) is 18.2. The molecule has 0 aliphatic heterocycles. The Morgan fingerprint density at radius 1 is 1.24 bits per heavy atom. The zero-order valence-electron chi connectivity index (χ0n) is 14.9. The van der Waals surface area contributed by atoms with Crippen molar-refractivity contribution in [1.82, 2.24) is 0 Å². The smallest absolute Gasteiger partial charge is 0.311 e. The molecule has 0 saturated carbocycles. The lowest BCUT2D eigenvalue weighted by atomic mass is 9.77. The third kappa shape index (κ3) is 5.61. The molecule has 8 heteroatoms. The number of benzene rings is 1. The number of esters is 1. The first-order valence-corrected chi connectivity index (χ1v) is 9.49. The highest BCUT2D eigenvalue weighted by atomic mass is 32.2. The van der Waals surface area contributed by atoms with E-state index in [1.807, 2.05) is 0 Å². The fraction of sp³-hybridized carbons (Fsp3) is 0.588. The van der Waals surface area contributed by atoms with Crippen LogP contribution in [0.4, 0.5) is 0 Å². The normalized spacial score (nSPS) is 14.8. The monoisotopic (exact) mass is 374 g/mol. The molecule has 25 heavy (non-hydrogen) atoms. The first kappa shape index (κ1) is 21.2. The Morgan fingerprint density at radius 3 is 2.28 bits per heavy atom. The molecule has 0 fully saturated rings. The Hall–Kier alpha value is -1.80. The van der Waals surface area contributed by atoms with Crippen molar-refractivity contribution in [1.29, 1.82) is 0 Å². The van der Waals surface area contributed by atoms with Gasteiger partial charge >= 0.3 is 5.97 Å². The van der Waals surface area contributed by atoms with Crippen molar-refractivity contribution in [2.24, 2.45) is 5.41 Å². The van der Waals surface area contributed by atoms with Crippen LogP contribution in [0.25, 0.3) is 0 Å². The SMILES string of the molecule is CCC(CC(CC(C)(C)C(=O)OC)c1ccc(O)c(O)c1)S(=O)(=O)O. The second kappa shape index (κ2) is 8.05. The molecule has 142 valence electrons. The number of rotatable bonds is 8. The Kier molecular flexibility index (Phi) is 6.84. The number of carbonyl (C=O) groups is 1. The van der Waals surface area contributed by atoms with Gasteiger partial charge in [-0.05, 0) is 56.7 Å². The van der Waals surface area contributed by atoms with Crippen molar-refractivity contribution >= 4 is 16.1 Å². The second-order valence-electron chi connectivity index (χ2n) is 6.81. The highest BCUT2D eigenvalue weighted by Gasteiger charge is 2.35. The van der Waals surface area contributed by atoms with Gasteiger partial charge in [-0.15, -0.1) is 0 Å². The summed E-state index contributed by atoms with van der Waals surface area (Å²) in [6, 6.07) is 4.20. The minimum Gasteiger partial charge on any atom is -0.504 e. The summed E-state index contributed by atoms with van der Waals surface area (Å²) >= 11 is 0. The Balaban J connectivity index is 3.26. The van der Waals surface area contributed by atoms with Crippen LogP contribution in [-0.2, 0) is 19.6 Å². The maximum Gasteiger partial charge on any atom is 0.311 e. The summed E-state index contributed by atoms with van der Waals surface area (Å²) in [6.07, 6.45) is 0.522. The lowest BCUT2D eigenvalue weighted by molar-refractivity contribution is -0.151. The van der Waals surface area contributed by atoms with E-state index in [1.165, 1.54) is 19.2 Å². The predicted octanol–water partition coefficient (Wildman–Crippen LogP) is 2.83. The number of carbonyl (C=O) groups excluding carboxylic acids is 1. The molecule has 0 radical (unpaired) electrons. The van der Waals surface area contributed by atoms with Gasteiger partial charge < -0.3 is 14.9 Å². The summed E-state index contributed by atoms with van der Waals surface area (Å²) in [4.78, 5) is 12.0. The number of phenolic OH excluding ortho intramolecular Hbond substituents is 2. The van der Waals surface area contributed by atoms with E-state index >= 15 is 0 Å². The van der Waals surface area contributed by atoms with Gasteiger partial charge in [-0.3, -0.25) is 9.35 Å². The van der Waals surface area contributed by atoms with E-state index in [2.05, 4.69) is 0 Å². The van der Waals surface area contributed by atoms with Crippen molar-refractivity contribution in [3.8, 4) is 11.5 Å². The van der Waals surface area contributed by atoms with E-state index in [0.29, 0.717) is 5.56 Å². The number of aromatic hydroxyl groups is 2. The van der Waals surface area contributed by atoms with Crippen LogP contribution in [0.3, 0.4) is 0 Å². The fourth-order valence-electron chi connectivity index (χ4n) is 2.92. The van der Waals surface area contributed by atoms with Gasteiger partial charge in [0.1, 0.15) is 0 Å². The maximum atomic E-state index is 12.0. The van der Waals surface area contributed by atoms with Gasteiger partial charge in [0, 0.05) is 0 Å². The average Bonchev–Trinajstić information content (AvgIpc) is 2.51. The van der Waals surface area contributed by atoms with Crippen LogP contribution >= 0.6 is 0 Å². The molecule has 2 atom stereocenters. The van der Waals surface area contributed by atoms with Crippen molar-refractivity contribution in [2.75, 3.05) is 7.11 Å². The van der Waals surface area contributed by atoms with Gasteiger partial charge in [-0.25, -0.2) is 0 Å². The molecule has 0 amide bonds. The van der Waals surface area contributed by atoms with Gasteiger partial charge in [0.25, 0.3) is 10.1 Å². The lowest BCUT2D eigenvalue weighted by Crippen LogP contribution is -2.30. The molecule has 0 saturated heterocycles. The molecular formula is C17H26O7S. The standard InChI is InChI=1S/C17H26O7S/c1-5-13(25(21,22)23)8-12(10-17(2,3)16(20)24-4)11-6-7-14(18)15(19)9-11/h6-7,9,12-13,18-19H,5,8,10H2,1-4H3,(H,21,22,23). The topological polar surface area (TPSA) is 121 Å². The summed E-state index contributed by atoms with van der Waals surface area (Å²) in [6.45, 7) is 5.01. The van der Waals surface area contributed by atoms with E-state index in [0.717, 1.165) is 0 Å². The molecule has 1 rings (SSSR count). The van der Waals surface area contributed by atoms with Crippen LogP contribution in [-0.4, -0.2) is 41.5 Å². The van der Waals surface area contributed by atoms with Gasteiger partial charge in [-0.2, -0.15) is 8.42 Å². The van der Waals surface area contributed by atoms with Gasteiger partial charge in [-0.1, -0.05) is 13.0 Å². The van der Waals surface area contributed by atoms with Crippen LogP contribution in [0.2, 0.25) is 0 Å². The van der Waals surface area contributed by atoms with Gasteiger partial charge in [0.15, 0.2) is 11.5 Å².